The van der Waals surface area contributed by atoms with Gasteiger partial charge in [-0.05, 0) is 49.4 Å². The van der Waals surface area contributed by atoms with Crippen molar-refractivity contribution >= 4 is 35.4 Å². The average Bonchev–Trinajstić information content (AvgIpc) is 3.52. The second kappa shape index (κ2) is 15.9. The highest BCUT2D eigenvalue weighted by atomic mass is 16.7. The van der Waals surface area contributed by atoms with Crippen LogP contribution in [0.15, 0.2) is 48.5 Å². The number of fused-ring (bicyclic) bond motifs is 1. The fraction of sp³-hybridized carbons (Fsp3) is 0.455. The summed E-state index contributed by atoms with van der Waals surface area (Å²) in [5.41, 5.74) is 1.04. The fourth-order valence-corrected chi connectivity index (χ4v) is 5.20. The Kier molecular flexibility index (Phi) is 11.8. The molecule has 6 amide bonds. The molecule has 14 nitrogen and oxygen atoms in total. The van der Waals surface area contributed by atoms with Crippen molar-refractivity contribution in [2.45, 2.75) is 64.2 Å². The highest BCUT2D eigenvalue weighted by Gasteiger charge is 2.32. The average molecular weight is 651 g/mol. The zero-order chi connectivity index (χ0) is 34.1. The van der Waals surface area contributed by atoms with E-state index in [1.54, 1.807) is 26.0 Å². The molecule has 0 aliphatic carbocycles. The van der Waals surface area contributed by atoms with Crippen molar-refractivity contribution in [1.29, 1.82) is 0 Å². The van der Waals surface area contributed by atoms with Crippen LogP contribution in [-0.4, -0.2) is 91.4 Å². The van der Waals surface area contributed by atoms with E-state index in [9.17, 15) is 28.8 Å². The Bertz CT molecular complexity index is 1480. The van der Waals surface area contributed by atoms with Crippen molar-refractivity contribution in [2.75, 3.05) is 26.9 Å². The van der Waals surface area contributed by atoms with E-state index in [4.69, 9.17) is 9.47 Å². The third kappa shape index (κ3) is 9.44. The predicted molar refractivity (Wildman–Crippen MR) is 170 cm³/mol. The summed E-state index contributed by atoms with van der Waals surface area (Å²) in [5.74, 6) is -2.76. The van der Waals surface area contributed by atoms with Gasteiger partial charge in [0, 0.05) is 25.6 Å². The Hall–Kier alpha value is -5.14. The molecule has 2 aliphatic rings. The Morgan fingerprint density at radius 1 is 0.936 bits per heavy atom. The molecule has 0 bridgehead atoms. The first-order valence-electron chi connectivity index (χ1n) is 15.6. The van der Waals surface area contributed by atoms with Gasteiger partial charge in [-0.3, -0.25) is 28.8 Å². The molecule has 2 aromatic carbocycles. The van der Waals surface area contributed by atoms with E-state index in [1.807, 2.05) is 30.3 Å². The van der Waals surface area contributed by atoms with Crippen LogP contribution in [0.4, 0.5) is 0 Å². The quantitative estimate of drug-likeness (QED) is 0.305. The number of hydrogen-bond acceptors (Lipinski definition) is 8. The minimum atomic E-state index is -1.07. The van der Waals surface area contributed by atoms with Crippen LogP contribution in [0.3, 0.4) is 0 Å². The monoisotopic (exact) mass is 650 g/mol. The Balaban J connectivity index is 1.54. The van der Waals surface area contributed by atoms with Crippen LogP contribution >= 0.6 is 0 Å². The summed E-state index contributed by atoms with van der Waals surface area (Å²) < 4.78 is 10.7. The van der Waals surface area contributed by atoms with Gasteiger partial charge in [0.25, 0.3) is 5.91 Å². The molecule has 1 fully saturated rings. The summed E-state index contributed by atoms with van der Waals surface area (Å²) in [4.78, 5) is 80.8. The molecule has 4 atom stereocenters. The number of carbonyl (C=O) groups is 6. The molecular weight excluding hydrogens is 608 g/mol. The standard InChI is InChI=1S/C33H42N6O8/c1-19(2)28-32(44)35-20(3)29(41)37-24(15-21-9-6-5-7-10-21)33(45)39(4)17-27(40)34-14-8-11-23(31(43)38-28)36-30(42)22-12-13-25-26(16-22)47-18-46-25/h5-7,9-10,12-13,16,19-20,23-24,28H,8,11,14-15,17-18H2,1-4H3,(H,34,40)(H,35,44)(H,36,42)(H,37,41)(H,38,43)/t20-,23+,24+,28-/m1/s1. The van der Waals surface area contributed by atoms with Crippen molar-refractivity contribution < 1.29 is 38.2 Å². The summed E-state index contributed by atoms with van der Waals surface area (Å²) in [7, 11) is 1.47. The maximum atomic E-state index is 13.6. The number of rotatable bonds is 5. The lowest BCUT2D eigenvalue weighted by molar-refractivity contribution is -0.139. The molecule has 14 heteroatoms. The lowest BCUT2D eigenvalue weighted by atomic mass is 10.0. The van der Waals surface area contributed by atoms with E-state index < -0.39 is 59.6 Å². The molecular formula is C33H42N6O8. The molecule has 2 aliphatic heterocycles. The second-order valence-electron chi connectivity index (χ2n) is 12.0. The molecule has 47 heavy (non-hydrogen) atoms. The molecule has 0 spiro atoms. The van der Waals surface area contributed by atoms with E-state index in [2.05, 4.69) is 26.6 Å². The van der Waals surface area contributed by atoms with Crippen molar-refractivity contribution in [2.24, 2.45) is 5.92 Å². The van der Waals surface area contributed by atoms with Gasteiger partial charge < -0.3 is 41.0 Å². The van der Waals surface area contributed by atoms with Crippen molar-refractivity contribution in [3.8, 4) is 11.5 Å². The first kappa shape index (κ1) is 34.7. The first-order valence-corrected chi connectivity index (χ1v) is 15.6. The SMILES string of the molecule is CC(C)[C@H]1NC(=O)[C@@H](NC(=O)c2ccc3c(c2)OCO3)CCCNC(=O)CN(C)C(=O)[C@H](Cc2ccccc2)NC(=O)[C@@H](C)NC1=O. The van der Waals surface area contributed by atoms with E-state index in [0.29, 0.717) is 17.9 Å². The predicted octanol–water partition coefficient (Wildman–Crippen LogP) is 0.255. The van der Waals surface area contributed by atoms with E-state index in [1.165, 1.54) is 24.9 Å². The summed E-state index contributed by atoms with van der Waals surface area (Å²) >= 11 is 0. The fourth-order valence-electron chi connectivity index (χ4n) is 5.20. The Labute approximate surface area is 273 Å². The molecule has 0 saturated carbocycles. The van der Waals surface area contributed by atoms with Crippen molar-refractivity contribution in [3.63, 3.8) is 0 Å². The zero-order valence-corrected chi connectivity index (χ0v) is 27.0. The molecule has 252 valence electrons. The number of nitrogens with one attached hydrogen (secondary N) is 5. The number of likely N-dealkylation sites (N-methyl/N-ethyl adjacent to an activating group) is 1. The smallest absolute Gasteiger partial charge is 0.252 e. The number of amides is 6. The summed E-state index contributed by atoms with van der Waals surface area (Å²) in [6, 6.07) is 9.57. The minimum absolute atomic E-state index is 0.0360. The number of benzene rings is 2. The zero-order valence-electron chi connectivity index (χ0n) is 27.0. The van der Waals surface area contributed by atoms with Crippen LogP contribution in [0, 0.1) is 5.92 Å². The van der Waals surface area contributed by atoms with Gasteiger partial charge in [0.15, 0.2) is 11.5 Å². The minimum Gasteiger partial charge on any atom is -0.454 e. The largest absolute Gasteiger partial charge is 0.454 e. The number of hydrogen-bond donors (Lipinski definition) is 5. The lowest BCUT2D eigenvalue weighted by Gasteiger charge is -2.28. The Morgan fingerprint density at radius 2 is 1.66 bits per heavy atom. The van der Waals surface area contributed by atoms with Gasteiger partial charge in [-0.1, -0.05) is 44.2 Å². The van der Waals surface area contributed by atoms with E-state index in [-0.39, 0.29) is 44.2 Å². The topological polar surface area (TPSA) is 184 Å². The van der Waals surface area contributed by atoms with Crippen LogP contribution in [-0.2, 0) is 30.4 Å². The second-order valence-corrected chi connectivity index (χ2v) is 12.0. The van der Waals surface area contributed by atoms with Gasteiger partial charge in [-0.15, -0.1) is 0 Å². The van der Waals surface area contributed by atoms with Crippen molar-refractivity contribution in [1.82, 2.24) is 31.5 Å². The molecule has 2 heterocycles. The molecule has 5 N–H and O–H groups in total. The molecule has 4 rings (SSSR count). The molecule has 0 aromatic heterocycles. The highest BCUT2D eigenvalue weighted by Crippen LogP contribution is 2.32. The van der Waals surface area contributed by atoms with E-state index in [0.717, 1.165) is 5.56 Å². The number of carbonyl (C=O) groups excluding carboxylic acids is 6. The molecule has 2 aromatic rings. The van der Waals surface area contributed by atoms with Crippen LogP contribution < -0.4 is 36.1 Å². The van der Waals surface area contributed by atoms with Crippen LogP contribution in [0.1, 0.15) is 49.5 Å². The van der Waals surface area contributed by atoms with Crippen LogP contribution in [0.2, 0.25) is 0 Å². The summed E-state index contributed by atoms with van der Waals surface area (Å²) in [5, 5.41) is 13.6. The maximum absolute atomic E-state index is 13.6. The van der Waals surface area contributed by atoms with Gasteiger partial charge in [-0.25, -0.2) is 0 Å². The number of ether oxygens (including phenoxy) is 2. The molecule has 0 unspecified atom stereocenters. The van der Waals surface area contributed by atoms with E-state index >= 15 is 0 Å². The summed E-state index contributed by atoms with van der Waals surface area (Å²) in [6.45, 7) is 4.87. The lowest BCUT2D eigenvalue weighted by Crippen LogP contribution is -2.59. The van der Waals surface area contributed by atoms with Gasteiger partial charge in [0.2, 0.25) is 36.3 Å². The summed E-state index contributed by atoms with van der Waals surface area (Å²) in [6.07, 6.45) is 0.592. The van der Waals surface area contributed by atoms with Gasteiger partial charge in [0.1, 0.15) is 24.2 Å². The normalized spacial score (nSPS) is 23.2. The van der Waals surface area contributed by atoms with Gasteiger partial charge >= 0.3 is 0 Å². The molecule has 0 radical (unpaired) electrons. The molecule has 1 saturated heterocycles. The maximum Gasteiger partial charge on any atom is 0.252 e. The van der Waals surface area contributed by atoms with Gasteiger partial charge in [-0.2, -0.15) is 0 Å². The third-order valence-corrected chi connectivity index (χ3v) is 7.90. The third-order valence-electron chi connectivity index (χ3n) is 7.90. The Morgan fingerprint density at radius 3 is 2.38 bits per heavy atom. The van der Waals surface area contributed by atoms with Crippen LogP contribution in [0.5, 0.6) is 11.5 Å². The number of nitrogens with zero attached hydrogens (tertiary/aromatic N) is 1. The first-order chi connectivity index (χ1) is 22.4. The van der Waals surface area contributed by atoms with Crippen LogP contribution in [0.25, 0.3) is 0 Å². The van der Waals surface area contributed by atoms with Gasteiger partial charge in [0.05, 0.1) is 6.54 Å². The van der Waals surface area contributed by atoms with Crippen molar-refractivity contribution in [3.05, 3.63) is 59.7 Å². The highest BCUT2D eigenvalue weighted by molar-refractivity contribution is 5.99.